The van der Waals surface area contributed by atoms with Crippen molar-refractivity contribution in [1.29, 1.82) is 0 Å². The van der Waals surface area contributed by atoms with Gasteiger partial charge in [0.2, 0.25) is 23.7 Å². The van der Waals surface area contributed by atoms with Crippen molar-refractivity contribution in [3.63, 3.8) is 0 Å². The first kappa shape index (κ1) is 32.8. The molecule has 6 heterocycles. The standard InChI is InChI=1S/C32H39N13O5/c1-5-34-28(47)20-12-13-21(50-20)45-15-35-22-24(33)38-30(39-25(22)45)36-17-9-11-18-16(14-17)8-10-19(37-18)27(46)41-31-40-26-23(42(31)4)29(48)44(7-3)32(49)43(26)6-2/h9,11,14-15,19-21,37H,5-8,10,12-13H2,1-4H3,(H,34,47)(H,40,41,46)(H3,33,36,38,39)/t19?,20?,21-/m1/s1. The quantitative estimate of drug-likeness (QED) is 0.149. The molecule has 0 radical (unpaired) electrons. The molecule has 3 atom stereocenters. The molecule has 6 N–H and O–H groups in total. The summed E-state index contributed by atoms with van der Waals surface area (Å²) in [7, 11) is 1.64. The number of nitrogen functional groups attached to an aromatic ring is 1. The monoisotopic (exact) mass is 685 g/mol. The number of carbonyl (C=O) groups excluding carboxylic acids is 2. The van der Waals surface area contributed by atoms with E-state index in [0.29, 0.717) is 49.9 Å². The summed E-state index contributed by atoms with van der Waals surface area (Å²) < 4.78 is 11.9. The topological polar surface area (TPSA) is 223 Å². The van der Waals surface area contributed by atoms with Crippen LogP contribution in [0.15, 0.2) is 34.1 Å². The van der Waals surface area contributed by atoms with Gasteiger partial charge in [-0.2, -0.15) is 15.0 Å². The molecule has 1 aromatic carbocycles. The maximum atomic E-state index is 13.4. The van der Waals surface area contributed by atoms with E-state index in [4.69, 9.17) is 10.5 Å². The Bertz CT molecular complexity index is 2270. The van der Waals surface area contributed by atoms with Crippen LogP contribution in [-0.4, -0.2) is 68.7 Å². The number of benzene rings is 1. The summed E-state index contributed by atoms with van der Waals surface area (Å²) in [5, 5.41) is 12.2. The van der Waals surface area contributed by atoms with Crippen LogP contribution in [0.2, 0.25) is 0 Å². The summed E-state index contributed by atoms with van der Waals surface area (Å²) >= 11 is 0. The van der Waals surface area contributed by atoms with E-state index >= 15 is 0 Å². The van der Waals surface area contributed by atoms with Gasteiger partial charge in [0.1, 0.15) is 23.9 Å². The van der Waals surface area contributed by atoms with Gasteiger partial charge < -0.3 is 31.0 Å². The lowest BCUT2D eigenvalue weighted by Gasteiger charge is -2.26. The van der Waals surface area contributed by atoms with E-state index in [1.165, 1.54) is 9.13 Å². The van der Waals surface area contributed by atoms with Gasteiger partial charge in [0.05, 0.1) is 6.33 Å². The van der Waals surface area contributed by atoms with Crippen molar-refractivity contribution in [1.82, 2.24) is 43.5 Å². The number of nitrogens with one attached hydrogen (secondary N) is 4. The van der Waals surface area contributed by atoms with Crippen LogP contribution in [0.3, 0.4) is 0 Å². The second kappa shape index (κ2) is 12.9. The zero-order valence-electron chi connectivity index (χ0n) is 28.2. The van der Waals surface area contributed by atoms with E-state index in [-0.39, 0.29) is 47.2 Å². The average Bonchev–Trinajstić information content (AvgIpc) is 3.83. The molecular weight excluding hydrogens is 646 g/mol. The summed E-state index contributed by atoms with van der Waals surface area (Å²) in [6, 6.07) is 5.12. The fraction of sp³-hybridized carbons (Fsp3) is 0.438. The zero-order valence-corrected chi connectivity index (χ0v) is 28.2. The van der Waals surface area contributed by atoms with E-state index in [9.17, 15) is 19.2 Å². The highest BCUT2D eigenvalue weighted by Gasteiger charge is 2.33. The third-order valence-electron chi connectivity index (χ3n) is 9.22. The fourth-order valence-corrected chi connectivity index (χ4v) is 6.65. The number of anilines is 5. The van der Waals surface area contributed by atoms with Gasteiger partial charge in [0, 0.05) is 38.1 Å². The molecule has 2 unspecified atom stereocenters. The molecule has 0 saturated carbocycles. The lowest BCUT2D eigenvalue weighted by Crippen LogP contribution is -2.40. The highest BCUT2D eigenvalue weighted by molar-refractivity contribution is 5.97. The second-order valence-electron chi connectivity index (χ2n) is 12.3. The number of carbonyl (C=O) groups is 2. The van der Waals surface area contributed by atoms with Crippen molar-refractivity contribution in [2.75, 3.05) is 28.2 Å². The molecule has 18 nitrogen and oxygen atoms in total. The van der Waals surface area contributed by atoms with Gasteiger partial charge in [-0.3, -0.25) is 33.4 Å². The lowest BCUT2D eigenvalue weighted by atomic mass is 9.97. The first-order valence-corrected chi connectivity index (χ1v) is 16.7. The number of aryl methyl sites for hydroxylation is 3. The number of imidazole rings is 2. The van der Waals surface area contributed by atoms with Gasteiger partial charge in [0.15, 0.2) is 22.6 Å². The van der Waals surface area contributed by atoms with Gasteiger partial charge in [-0.1, -0.05) is 0 Å². The van der Waals surface area contributed by atoms with Gasteiger partial charge in [-0.15, -0.1) is 0 Å². The summed E-state index contributed by atoms with van der Waals surface area (Å²) in [5.41, 5.74) is 9.31. The minimum atomic E-state index is -0.557. The maximum absolute atomic E-state index is 13.4. The van der Waals surface area contributed by atoms with Crippen molar-refractivity contribution in [3.05, 3.63) is 50.9 Å². The minimum absolute atomic E-state index is 0.139. The predicted molar refractivity (Wildman–Crippen MR) is 186 cm³/mol. The van der Waals surface area contributed by atoms with Gasteiger partial charge in [-0.25, -0.2) is 9.78 Å². The molecule has 2 aliphatic rings. The molecule has 50 heavy (non-hydrogen) atoms. The van der Waals surface area contributed by atoms with E-state index in [1.807, 2.05) is 25.1 Å². The Labute approximate surface area is 285 Å². The number of hydrogen-bond donors (Lipinski definition) is 5. The molecule has 0 bridgehead atoms. The number of nitrogens with zero attached hydrogens (tertiary/aromatic N) is 8. The summed E-state index contributed by atoms with van der Waals surface area (Å²) in [6.07, 6.45) is 2.95. The minimum Gasteiger partial charge on any atom is -0.382 e. The van der Waals surface area contributed by atoms with Crippen LogP contribution < -0.4 is 38.2 Å². The average molecular weight is 686 g/mol. The smallest absolute Gasteiger partial charge is 0.332 e. The summed E-state index contributed by atoms with van der Waals surface area (Å²) in [4.78, 5) is 69.5. The molecular formula is C32H39N13O5. The van der Waals surface area contributed by atoms with E-state index < -0.39 is 29.6 Å². The number of aromatic nitrogens is 8. The molecule has 2 aliphatic heterocycles. The Balaban J connectivity index is 1.06. The van der Waals surface area contributed by atoms with Crippen molar-refractivity contribution in [3.8, 4) is 0 Å². The molecule has 2 amide bonds. The number of rotatable bonds is 9. The maximum Gasteiger partial charge on any atom is 0.332 e. The predicted octanol–water partition coefficient (Wildman–Crippen LogP) is 1.58. The summed E-state index contributed by atoms with van der Waals surface area (Å²) in [5.74, 6) is 0.216. The van der Waals surface area contributed by atoms with Crippen LogP contribution in [-0.2, 0) is 40.9 Å². The van der Waals surface area contributed by atoms with E-state index in [1.54, 1.807) is 31.8 Å². The van der Waals surface area contributed by atoms with Crippen LogP contribution in [0.4, 0.5) is 29.1 Å². The first-order chi connectivity index (χ1) is 24.1. The van der Waals surface area contributed by atoms with Gasteiger partial charge in [0.25, 0.3) is 5.56 Å². The molecule has 18 heteroatoms. The largest absolute Gasteiger partial charge is 0.382 e. The fourth-order valence-electron chi connectivity index (χ4n) is 6.65. The Hall–Kier alpha value is -5.78. The van der Waals surface area contributed by atoms with Crippen molar-refractivity contribution >= 4 is 63.2 Å². The number of nitrogens with two attached hydrogens (primary N) is 1. The van der Waals surface area contributed by atoms with Gasteiger partial charge in [-0.05, 0) is 70.2 Å². The first-order valence-electron chi connectivity index (χ1n) is 16.7. The number of likely N-dealkylation sites (N-methyl/N-ethyl adjacent to an activating group) is 1. The van der Waals surface area contributed by atoms with Crippen LogP contribution >= 0.6 is 0 Å². The van der Waals surface area contributed by atoms with E-state index in [0.717, 1.165) is 21.5 Å². The lowest BCUT2D eigenvalue weighted by molar-refractivity contribution is -0.133. The molecule has 1 saturated heterocycles. The van der Waals surface area contributed by atoms with Crippen LogP contribution in [0, 0.1) is 0 Å². The normalized spacial score (nSPS) is 18.6. The van der Waals surface area contributed by atoms with Crippen LogP contribution in [0.25, 0.3) is 22.3 Å². The number of ether oxygens (including phenoxy) is 1. The summed E-state index contributed by atoms with van der Waals surface area (Å²) in [6.45, 7) is 6.49. The third-order valence-corrected chi connectivity index (χ3v) is 9.22. The molecule has 1 fully saturated rings. The number of hydrogen-bond acceptors (Lipinski definition) is 12. The zero-order chi connectivity index (χ0) is 35.3. The number of fused-ring (bicyclic) bond motifs is 3. The molecule has 7 rings (SSSR count). The van der Waals surface area contributed by atoms with E-state index in [2.05, 4.69) is 41.2 Å². The Kier molecular flexibility index (Phi) is 8.46. The third kappa shape index (κ3) is 5.60. The van der Waals surface area contributed by atoms with Crippen molar-refractivity contribution in [2.24, 2.45) is 7.05 Å². The van der Waals surface area contributed by atoms with Crippen molar-refractivity contribution < 1.29 is 14.3 Å². The van der Waals surface area contributed by atoms with Crippen LogP contribution in [0.5, 0.6) is 0 Å². The SMILES string of the molecule is CCNC(=O)C1CC[C@H](n2cnc3c(N)nc(Nc4ccc5c(c4)CCC(C(=O)Nc4nc6c(c(=O)n(CC)c(=O)n6CC)n4C)N5)nc32)O1. The molecule has 0 aliphatic carbocycles. The molecule has 262 valence electrons. The Morgan fingerprint density at radius 1 is 1.02 bits per heavy atom. The highest BCUT2D eigenvalue weighted by atomic mass is 16.5. The molecule has 4 aromatic heterocycles. The van der Waals surface area contributed by atoms with Crippen molar-refractivity contribution in [2.45, 2.75) is 77.9 Å². The Morgan fingerprint density at radius 2 is 1.82 bits per heavy atom. The second-order valence-corrected chi connectivity index (χ2v) is 12.3. The molecule has 0 spiro atoms. The Morgan fingerprint density at radius 3 is 2.58 bits per heavy atom. The highest BCUT2D eigenvalue weighted by Crippen LogP contribution is 2.33. The number of amides is 2. The van der Waals surface area contributed by atoms with Gasteiger partial charge >= 0.3 is 5.69 Å². The van der Waals surface area contributed by atoms with Crippen LogP contribution in [0.1, 0.15) is 51.8 Å². The molecule has 5 aromatic rings.